The van der Waals surface area contributed by atoms with Crippen molar-refractivity contribution in [2.45, 2.75) is 57.6 Å². The third-order valence-corrected chi connectivity index (χ3v) is 4.37. The summed E-state index contributed by atoms with van der Waals surface area (Å²) in [5.41, 5.74) is 0.132. The predicted molar refractivity (Wildman–Crippen MR) is 87.0 cm³/mol. The number of aliphatic carboxylic acids is 1. The second-order valence-electron chi connectivity index (χ2n) is 6.67. The summed E-state index contributed by atoms with van der Waals surface area (Å²) >= 11 is 0. The molecule has 0 bridgehead atoms. The van der Waals surface area contributed by atoms with Crippen LogP contribution in [0.3, 0.4) is 0 Å². The lowest BCUT2D eigenvalue weighted by Crippen LogP contribution is -2.48. The summed E-state index contributed by atoms with van der Waals surface area (Å²) in [6.45, 7) is 1.97. The summed E-state index contributed by atoms with van der Waals surface area (Å²) in [6.07, 6.45) is 4.62. The van der Waals surface area contributed by atoms with Crippen molar-refractivity contribution in [2.75, 3.05) is 0 Å². The van der Waals surface area contributed by atoms with Gasteiger partial charge in [-0.2, -0.15) is 0 Å². The zero-order valence-corrected chi connectivity index (χ0v) is 13.6. The van der Waals surface area contributed by atoms with Gasteiger partial charge in [-0.15, -0.1) is 0 Å². The molecule has 2 rings (SSSR count). The fourth-order valence-electron chi connectivity index (χ4n) is 3.36. The smallest absolute Gasteiger partial charge is 0.407 e. The van der Waals surface area contributed by atoms with E-state index in [-0.39, 0.29) is 13.0 Å². The predicted octanol–water partition coefficient (Wildman–Crippen LogP) is 3.73. The lowest BCUT2D eigenvalue weighted by atomic mass is 9.85. The van der Waals surface area contributed by atoms with Crippen LogP contribution in [0.1, 0.15) is 51.0 Å². The number of carbonyl (C=O) groups is 2. The van der Waals surface area contributed by atoms with E-state index in [0.717, 1.165) is 18.4 Å². The third kappa shape index (κ3) is 5.93. The molecule has 0 heterocycles. The maximum atomic E-state index is 12.1. The number of hydrogen-bond acceptors (Lipinski definition) is 3. The molecule has 5 nitrogen and oxygen atoms in total. The van der Waals surface area contributed by atoms with Gasteiger partial charge in [0.2, 0.25) is 0 Å². The van der Waals surface area contributed by atoms with Crippen LogP contribution in [-0.4, -0.2) is 22.7 Å². The molecule has 0 spiro atoms. The number of hydrogen-bond donors (Lipinski definition) is 2. The van der Waals surface area contributed by atoms with Gasteiger partial charge in [-0.05, 0) is 24.8 Å². The second-order valence-corrected chi connectivity index (χ2v) is 6.67. The van der Waals surface area contributed by atoms with Crippen molar-refractivity contribution in [3.05, 3.63) is 35.9 Å². The van der Waals surface area contributed by atoms with Crippen molar-refractivity contribution < 1.29 is 19.4 Å². The lowest BCUT2D eigenvalue weighted by Gasteiger charge is -2.31. The van der Waals surface area contributed by atoms with E-state index in [1.165, 1.54) is 12.8 Å². The molecule has 5 heteroatoms. The molecule has 1 fully saturated rings. The summed E-state index contributed by atoms with van der Waals surface area (Å²) in [7, 11) is 0. The highest BCUT2D eigenvalue weighted by Crippen LogP contribution is 2.33. The van der Waals surface area contributed by atoms with Crippen LogP contribution in [0.25, 0.3) is 0 Å². The number of nitrogens with one attached hydrogen (secondary N) is 1. The molecule has 0 radical (unpaired) electrons. The first-order valence-electron chi connectivity index (χ1n) is 8.17. The van der Waals surface area contributed by atoms with E-state index < -0.39 is 17.6 Å². The molecular weight excluding hydrogens is 294 g/mol. The molecule has 1 aromatic carbocycles. The molecule has 1 amide bonds. The van der Waals surface area contributed by atoms with Gasteiger partial charge in [0.25, 0.3) is 0 Å². The van der Waals surface area contributed by atoms with Gasteiger partial charge in [0.15, 0.2) is 0 Å². The monoisotopic (exact) mass is 319 g/mol. The van der Waals surface area contributed by atoms with Gasteiger partial charge < -0.3 is 15.2 Å². The average molecular weight is 319 g/mol. The molecule has 0 saturated heterocycles. The van der Waals surface area contributed by atoms with Gasteiger partial charge in [0.05, 0.1) is 12.0 Å². The van der Waals surface area contributed by atoms with Gasteiger partial charge in [0.1, 0.15) is 6.61 Å². The van der Waals surface area contributed by atoms with Gasteiger partial charge >= 0.3 is 12.1 Å². The summed E-state index contributed by atoms with van der Waals surface area (Å²) in [5.74, 6) is -0.428. The van der Waals surface area contributed by atoms with E-state index in [2.05, 4.69) is 5.32 Å². The number of amides is 1. The molecule has 1 unspecified atom stereocenters. The summed E-state index contributed by atoms with van der Waals surface area (Å²) in [6, 6.07) is 9.41. The van der Waals surface area contributed by atoms with E-state index in [0.29, 0.717) is 12.3 Å². The Labute approximate surface area is 137 Å². The Morgan fingerprint density at radius 3 is 2.52 bits per heavy atom. The van der Waals surface area contributed by atoms with E-state index in [4.69, 9.17) is 9.84 Å². The molecular formula is C18H25NO4. The fraction of sp³-hybridized carbons (Fsp3) is 0.556. The lowest BCUT2D eigenvalue weighted by molar-refractivity contribution is -0.138. The van der Waals surface area contributed by atoms with Crippen molar-refractivity contribution in [3.63, 3.8) is 0 Å². The van der Waals surface area contributed by atoms with Crippen LogP contribution in [-0.2, 0) is 16.1 Å². The van der Waals surface area contributed by atoms with Crippen LogP contribution in [0, 0.1) is 5.92 Å². The van der Waals surface area contributed by atoms with E-state index in [1.807, 2.05) is 30.3 Å². The van der Waals surface area contributed by atoms with Crippen LogP contribution in [0.2, 0.25) is 0 Å². The number of alkyl carbamates (subject to hydrolysis) is 1. The van der Waals surface area contributed by atoms with Crippen LogP contribution >= 0.6 is 0 Å². The van der Waals surface area contributed by atoms with Crippen molar-refractivity contribution in [2.24, 2.45) is 5.92 Å². The minimum atomic E-state index is -0.908. The highest BCUT2D eigenvalue weighted by molar-refractivity contribution is 5.72. The van der Waals surface area contributed by atoms with E-state index >= 15 is 0 Å². The minimum Gasteiger partial charge on any atom is -0.481 e. The fourth-order valence-corrected chi connectivity index (χ4v) is 3.36. The third-order valence-electron chi connectivity index (χ3n) is 4.37. The topological polar surface area (TPSA) is 75.6 Å². The quantitative estimate of drug-likeness (QED) is 0.803. The Hall–Kier alpha value is -2.04. The second kappa shape index (κ2) is 7.99. The first kappa shape index (κ1) is 17.3. The maximum absolute atomic E-state index is 12.1. The van der Waals surface area contributed by atoms with Crippen molar-refractivity contribution in [3.8, 4) is 0 Å². The number of ether oxygens (including phenoxy) is 1. The first-order valence-corrected chi connectivity index (χ1v) is 8.17. The zero-order valence-electron chi connectivity index (χ0n) is 13.6. The number of carboxylic acids is 1. The molecule has 23 heavy (non-hydrogen) atoms. The zero-order chi connectivity index (χ0) is 16.7. The Morgan fingerprint density at radius 2 is 1.91 bits per heavy atom. The number of rotatable bonds is 7. The molecule has 1 aromatic rings. The molecule has 0 aliphatic heterocycles. The van der Waals surface area contributed by atoms with Crippen molar-refractivity contribution >= 4 is 12.1 Å². The normalized spacial score (nSPS) is 17.4. The Bertz CT molecular complexity index is 525. The Balaban J connectivity index is 1.90. The number of benzene rings is 1. The highest BCUT2D eigenvalue weighted by Gasteiger charge is 2.33. The number of carbonyl (C=O) groups excluding carboxylic acids is 1. The van der Waals surface area contributed by atoms with Crippen LogP contribution in [0.4, 0.5) is 4.79 Å². The van der Waals surface area contributed by atoms with Crippen molar-refractivity contribution in [1.82, 2.24) is 5.32 Å². The molecule has 1 saturated carbocycles. The molecule has 0 aromatic heterocycles. The summed E-state index contributed by atoms with van der Waals surface area (Å²) in [5, 5.41) is 11.9. The largest absolute Gasteiger partial charge is 0.481 e. The van der Waals surface area contributed by atoms with Crippen molar-refractivity contribution in [1.29, 1.82) is 0 Å². The minimum absolute atomic E-state index is 0.0933. The Kier molecular flexibility index (Phi) is 6.02. The SMILES string of the molecule is CC(CC(=O)O)(CC1CCCC1)NC(=O)OCc1ccccc1. The maximum Gasteiger partial charge on any atom is 0.407 e. The highest BCUT2D eigenvalue weighted by atomic mass is 16.5. The van der Waals surface area contributed by atoms with Gasteiger partial charge in [-0.25, -0.2) is 4.79 Å². The molecule has 1 aliphatic rings. The number of carboxylic acid groups (broad SMARTS) is 1. The standard InChI is InChI=1S/C18H25NO4/c1-18(12-16(20)21,11-14-7-5-6-8-14)19-17(22)23-13-15-9-3-2-4-10-15/h2-4,9-10,14H,5-8,11-13H2,1H3,(H,19,22)(H,20,21). The molecule has 2 N–H and O–H groups in total. The summed E-state index contributed by atoms with van der Waals surface area (Å²) in [4.78, 5) is 23.2. The first-order chi connectivity index (χ1) is 11.0. The van der Waals surface area contributed by atoms with E-state index in [1.54, 1.807) is 6.92 Å². The summed E-state index contributed by atoms with van der Waals surface area (Å²) < 4.78 is 5.23. The average Bonchev–Trinajstić information content (AvgIpc) is 2.97. The van der Waals surface area contributed by atoms with Crippen LogP contribution in [0.15, 0.2) is 30.3 Å². The van der Waals surface area contributed by atoms with Crippen LogP contribution < -0.4 is 5.32 Å². The van der Waals surface area contributed by atoms with Gasteiger partial charge in [-0.3, -0.25) is 4.79 Å². The van der Waals surface area contributed by atoms with Gasteiger partial charge in [-0.1, -0.05) is 56.0 Å². The molecule has 1 atom stereocenters. The van der Waals surface area contributed by atoms with Crippen LogP contribution in [0.5, 0.6) is 0 Å². The Morgan fingerprint density at radius 1 is 1.26 bits per heavy atom. The molecule has 1 aliphatic carbocycles. The van der Waals surface area contributed by atoms with E-state index in [9.17, 15) is 9.59 Å². The molecule has 126 valence electrons. The van der Waals surface area contributed by atoms with Gasteiger partial charge in [0, 0.05) is 0 Å².